The third-order valence-electron chi connectivity index (χ3n) is 4.79. The number of hydrogen-bond donors (Lipinski definition) is 0. The van der Waals surface area contributed by atoms with E-state index in [4.69, 9.17) is 16.3 Å². The van der Waals surface area contributed by atoms with E-state index in [1.54, 1.807) is 30.2 Å². The fourth-order valence-electron chi connectivity index (χ4n) is 3.45. The molecule has 0 saturated carbocycles. The maximum atomic E-state index is 12.9. The van der Waals surface area contributed by atoms with E-state index < -0.39 is 6.23 Å². The molecule has 2 heterocycles. The van der Waals surface area contributed by atoms with Crippen LogP contribution in [-0.2, 0) is 9.53 Å². The van der Waals surface area contributed by atoms with Crippen LogP contribution in [0.2, 0.25) is 5.02 Å². The number of piperazine rings is 1. The van der Waals surface area contributed by atoms with Gasteiger partial charge in [0, 0.05) is 23.2 Å². The molecule has 1 saturated heterocycles. The molecule has 0 bridgehead atoms. The third-order valence-corrected chi connectivity index (χ3v) is 5.03. The van der Waals surface area contributed by atoms with Gasteiger partial charge in [-0.05, 0) is 29.7 Å². The Morgan fingerprint density at radius 2 is 2.04 bits per heavy atom. The van der Waals surface area contributed by atoms with Gasteiger partial charge in [0.2, 0.25) is 5.91 Å². The minimum Gasteiger partial charge on any atom is -0.360 e. The Kier molecular flexibility index (Phi) is 4.86. The number of nitrogens with zero attached hydrogens (tertiary/aromatic N) is 4. The van der Waals surface area contributed by atoms with Crippen LogP contribution in [0.4, 0.5) is 11.5 Å². The number of aromatic nitrogens is 1. The first-order valence-electron chi connectivity index (χ1n) is 8.76. The first kappa shape index (κ1) is 18.2. The summed E-state index contributed by atoms with van der Waals surface area (Å²) in [5, 5.41) is 11.7. The minimum absolute atomic E-state index is 0.0803. The predicted molar refractivity (Wildman–Crippen MR) is 108 cm³/mol. The Balaban J connectivity index is 1.75. The summed E-state index contributed by atoms with van der Waals surface area (Å²) in [5.74, 6) is 0.476. The summed E-state index contributed by atoms with van der Waals surface area (Å²) in [7, 11) is 1.60. The summed E-state index contributed by atoms with van der Waals surface area (Å²) >= 11 is 6.09. The predicted octanol–water partition coefficient (Wildman–Crippen LogP) is 3.59. The lowest BCUT2D eigenvalue weighted by Gasteiger charge is -2.41. The summed E-state index contributed by atoms with van der Waals surface area (Å²) in [5.41, 5.74) is 1.02. The zero-order valence-electron chi connectivity index (χ0n) is 15.2. The number of carbonyl (C=O) groups is 1. The Labute approximate surface area is 167 Å². The molecule has 1 aromatic heterocycles. The van der Waals surface area contributed by atoms with Crippen LogP contribution >= 0.6 is 11.6 Å². The number of halogens is 1. The number of ether oxygens (including phenoxy) is 1. The van der Waals surface area contributed by atoms with Crippen LogP contribution in [0.5, 0.6) is 0 Å². The third kappa shape index (κ3) is 3.26. The molecule has 7 heteroatoms. The summed E-state index contributed by atoms with van der Waals surface area (Å²) in [4.78, 5) is 20.9. The highest BCUT2D eigenvalue weighted by Crippen LogP contribution is 2.31. The highest BCUT2D eigenvalue weighted by atomic mass is 35.5. The second-order valence-electron chi connectivity index (χ2n) is 6.47. The summed E-state index contributed by atoms with van der Waals surface area (Å²) in [6.07, 6.45) is -0.415. The topological polar surface area (TPSA) is 69.5 Å². The quantitative estimate of drug-likeness (QED) is 0.681. The number of carbonyl (C=O) groups excluding carboxylic acids is 1. The molecule has 0 spiro atoms. The number of methoxy groups -OCH3 is 1. The van der Waals surface area contributed by atoms with Gasteiger partial charge in [0.15, 0.2) is 0 Å². The SMILES string of the molecule is COC1CN(c2cccc(Cl)c2)C(=O)CN1c1nc(C#N)cc2ccccc12. The first-order chi connectivity index (χ1) is 13.6. The van der Waals surface area contributed by atoms with Crippen LogP contribution in [0.1, 0.15) is 5.69 Å². The molecular formula is C21H17ClN4O2. The van der Waals surface area contributed by atoms with Crippen LogP contribution in [-0.4, -0.2) is 37.3 Å². The van der Waals surface area contributed by atoms with Gasteiger partial charge in [0.05, 0.1) is 6.54 Å². The normalized spacial score (nSPS) is 17.0. The van der Waals surface area contributed by atoms with E-state index >= 15 is 0 Å². The molecule has 1 fully saturated rings. The highest BCUT2D eigenvalue weighted by molar-refractivity contribution is 6.31. The molecule has 0 aliphatic carbocycles. The molecule has 1 unspecified atom stereocenters. The summed E-state index contributed by atoms with van der Waals surface area (Å²) in [6, 6.07) is 18.7. The molecular weight excluding hydrogens is 376 g/mol. The van der Waals surface area contributed by atoms with Gasteiger partial charge < -0.3 is 14.5 Å². The van der Waals surface area contributed by atoms with Gasteiger partial charge in [-0.1, -0.05) is 41.9 Å². The first-order valence-corrected chi connectivity index (χ1v) is 9.14. The van der Waals surface area contributed by atoms with Crippen LogP contribution < -0.4 is 9.80 Å². The minimum atomic E-state index is -0.415. The van der Waals surface area contributed by atoms with E-state index in [0.29, 0.717) is 23.1 Å². The number of anilines is 2. The lowest BCUT2D eigenvalue weighted by molar-refractivity contribution is -0.119. The highest BCUT2D eigenvalue weighted by Gasteiger charge is 2.34. The molecule has 1 aliphatic heterocycles. The number of hydrogen-bond acceptors (Lipinski definition) is 5. The lowest BCUT2D eigenvalue weighted by Crippen LogP contribution is -2.57. The number of amides is 1. The van der Waals surface area contributed by atoms with E-state index in [1.165, 1.54) is 0 Å². The van der Waals surface area contributed by atoms with Crippen molar-refractivity contribution in [3.63, 3.8) is 0 Å². The Hall–Kier alpha value is -3.14. The van der Waals surface area contributed by atoms with Gasteiger partial charge in [-0.15, -0.1) is 0 Å². The molecule has 6 nitrogen and oxygen atoms in total. The molecule has 3 aromatic rings. The molecule has 1 atom stereocenters. The monoisotopic (exact) mass is 392 g/mol. The van der Waals surface area contributed by atoms with Crippen molar-refractivity contribution in [2.75, 3.05) is 30.0 Å². The smallest absolute Gasteiger partial charge is 0.246 e. The number of pyridine rings is 1. The van der Waals surface area contributed by atoms with E-state index in [-0.39, 0.29) is 12.5 Å². The van der Waals surface area contributed by atoms with Gasteiger partial charge in [-0.25, -0.2) is 4.98 Å². The van der Waals surface area contributed by atoms with Crippen LogP contribution in [0.25, 0.3) is 10.8 Å². The van der Waals surface area contributed by atoms with Crippen molar-refractivity contribution in [3.8, 4) is 6.07 Å². The van der Waals surface area contributed by atoms with Gasteiger partial charge in [0.1, 0.15) is 30.4 Å². The van der Waals surface area contributed by atoms with Crippen molar-refractivity contribution >= 4 is 39.8 Å². The molecule has 1 aliphatic rings. The number of rotatable bonds is 3. The maximum absolute atomic E-state index is 12.9. The number of nitriles is 1. The fourth-order valence-corrected chi connectivity index (χ4v) is 3.64. The van der Waals surface area contributed by atoms with Crippen molar-refractivity contribution in [2.45, 2.75) is 6.23 Å². The van der Waals surface area contributed by atoms with E-state index in [0.717, 1.165) is 16.5 Å². The Bertz CT molecular complexity index is 1100. The molecule has 140 valence electrons. The van der Waals surface area contributed by atoms with Crippen molar-refractivity contribution in [2.24, 2.45) is 0 Å². The van der Waals surface area contributed by atoms with E-state index in [9.17, 15) is 10.1 Å². The van der Waals surface area contributed by atoms with Crippen molar-refractivity contribution in [1.29, 1.82) is 5.26 Å². The number of fused-ring (bicyclic) bond motifs is 1. The van der Waals surface area contributed by atoms with Crippen LogP contribution in [0, 0.1) is 11.3 Å². The summed E-state index contributed by atoms with van der Waals surface area (Å²) < 4.78 is 5.69. The van der Waals surface area contributed by atoms with Gasteiger partial charge in [0.25, 0.3) is 0 Å². The second-order valence-corrected chi connectivity index (χ2v) is 6.90. The molecule has 1 amide bonds. The Morgan fingerprint density at radius 1 is 1.21 bits per heavy atom. The van der Waals surface area contributed by atoms with Crippen molar-refractivity contribution in [1.82, 2.24) is 4.98 Å². The zero-order valence-corrected chi connectivity index (χ0v) is 15.9. The van der Waals surface area contributed by atoms with Crippen LogP contribution in [0.3, 0.4) is 0 Å². The number of benzene rings is 2. The molecule has 28 heavy (non-hydrogen) atoms. The van der Waals surface area contributed by atoms with Gasteiger partial charge in [-0.2, -0.15) is 5.26 Å². The van der Waals surface area contributed by atoms with Gasteiger partial charge >= 0.3 is 0 Å². The maximum Gasteiger partial charge on any atom is 0.246 e. The lowest BCUT2D eigenvalue weighted by atomic mass is 10.1. The van der Waals surface area contributed by atoms with Crippen molar-refractivity contribution in [3.05, 3.63) is 65.3 Å². The van der Waals surface area contributed by atoms with E-state index in [1.807, 2.05) is 41.3 Å². The van der Waals surface area contributed by atoms with Crippen molar-refractivity contribution < 1.29 is 9.53 Å². The second kappa shape index (κ2) is 7.47. The zero-order chi connectivity index (χ0) is 19.7. The standard InChI is InChI=1S/C21H17ClN4O2/c1-28-20-13-25(17-7-4-6-15(22)10-17)19(27)12-26(20)21-18-8-3-2-5-14(18)9-16(11-23)24-21/h2-10,20H,12-13H2,1H3. The average Bonchev–Trinajstić information content (AvgIpc) is 2.72. The largest absolute Gasteiger partial charge is 0.360 e. The van der Waals surface area contributed by atoms with Crippen LogP contribution in [0.15, 0.2) is 54.6 Å². The fraction of sp³-hybridized carbons (Fsp3) is 0.190. The Morgan fingerprint density at radius 3 is 2.79 bits per heavy atom. The molecule has 0 radical (unpaired) electrons. The molecule has 0 N–H and O–H groups in total. The molecule has 2 aromatic carbocycles. The van der Waals surface area contributed by atoms with Gasteiger partial charge in [-0.3, -0.25) is 4.79 Å². The summed E-state index contributed by atoms with van der Waals surface area (Å²) in [6.45, 7) is 0.402. The molecule has 4 rings (SSSR count). The van der Waals surface area contributed by atoms with E-state index in [2.05, 4.69) is 11.1 Å². The average molecular weight is 393 g/mol.